The molecule has 0 saturated carbocycles. The Morgan fingerprint density at radius 1 is 1.04 bits per heavy atom. The molecule has 0 aromatic heterocycles. The third kappa shape index (κ3) is 4.76. The Morgan fingerprint density at radius 3 is 2.35 bits per heavy atom. The van der Waals surface area contributed by atoms with Crippen molar-refractivity contribution in [1.29, 1.82) is 0 Å². The van der Waals surface area contributed by atoms with Gasteiger partial charge in [-0.05, 0) is 48.7 Å². The summed E-state index contributed by atoms with van der Waals surface area (Å²) >= 11 is 0. The van der Waals surface area contributed by atoms with Gasteiger partial charge < -0.3 is 14.8 Å². The molecule has 26 heavy (non-hydrogen) atoms. The number of hydrogen-bond acceptors (Lipinski definition) is 5. The molecule has 2 aromatic rings. The molecule has 0 aliphatic carbocycles. The maximum absolute atomic E-state index is 12.4. The first-order chi connectivity index (χ1) is 12.3. The summed E-state index contributed by atoms with van der Waals surface area (Å²) in [6.07, 6.45) is 1.73. The van der Waals surface area contributed by atoms with Crippen molar-refractivity contribution in [2.45, 2.75) is 18.2 Å². The smallest absolute Gasteiger partial charge is 0.251 e. The second-order valence-corrected chi connectivity index (χ2v) is 7.96. The molecule has 0 spiro atoms. The largest absolute Gasteiger partial charge is 0.493 e. The van der Waals surface area contributed by atoms with Gasteiger partial charge in [-0.1, -0.05) is 12.1 Å². The van der Waals surface area contributed by atoms with Crippen molar-refractivity contribution in [3.63, 3.8) is 0 Å². The number of methoxy groups -OCH3 is 2. The zero-order valence-corrected chi connectivity index (χ0v) is 16.1. The van der Waals surface area contributed by atoms with Gasteiger partial charge in [0.25, 0.3) is 5.91 Å². The molecular weight excluding hydrogens is 354 g/mol. The van der Waals surface area contributed by atoms with Gasteiger partial charge in [-0.2, -0.15) is 0 Å². The summed E-state index contributed by atoms with van der Waals surface area (Å²) in [6, 6.07) is 10.1. The minimum atomic E-state index is -3.36. The van der Waals surface area contributed by atoms with Gasteiger partial charge in [0.1, 0.15) is 0 Å². The minimum absolute atomic E-state index is 0.133. The fraction of sp³-hybridized carbons (Fsp3) is 0.316. The van der Waals surface area contributed by atoms with Crippen LogP contribution in [0.4, 0.5) is 0 Å². The molecule has 2 aromatic carbocycles. The number of ether oxygens (including phenoxy) is 2. The molecule has 7 heteroatoms. The highest BCUT2D eigenvalue weighted by Crippen LogP contribution is 2.27. The van der Waals surface area contributed by atoms with E-state index in [1.807, 2.05) is 18.2 Å². The van der Waals surface area contributed by atoms with E-state index in [1.165, 1.54) is 12.1 Å². The number of amides is 1. The second-order valence-electron chi connectivity index (χ2n) is 5.94. The van der Waals surface area contributed by atoms with Crippen molar-refractivity contribution < 1.29 is 22.7 Å². The fourth-order valence-corrected chi connectivity index (χ4v) is 3.18. The normalized spacial score (nSPS) is 11.1. The van der Waals surface area contributed by atoms with Crippen LogP contribution in [-0.4, -0.2) is 41.3 Å². The topological polar surface area (TPSA) is 81.7 Å². The Labute approximate surface area is 154 Å². The van der Waals surface area contributed by atoms with Gasteiger partial charge in [-0.25, -0.2) is 8.42 Å². The van der Waals surface area contributed by atoms with Crippen LogP contribution in [0.25, 0.3) is 0 Å². The average molecular weight is 377 g/mol. The summed E-state index contributed by atoms with van der Waals surface area (Å²) in [5.41, 5.74) is 2.07. The molecule has 6 nitrogen and oxygen atoms in total. The number of rotatable bonds is 7. The van der Waals surface area contributed by atoms with Crippen LogP contribution in [-0.2, 0) is 16.3 Å². The van der Waals surface area contributed by atoms with Crippen molar-refractivity contribution in [3.8, 4) is 11.5 Å². The van der Waals surface area contributed by atoms with Gasteiger partial charge >= 0.3 is 0 Å². The molecule has 0 atom stereocenters. The van der Waals surface area contributed by atoms with E-state index in [1.54, 1.807) is 27.2 Å². The molecule has 0 unspecified atom stereocenters. The number of hydrogen-bond donors (Lipinski definition) is 1. The molecule has 0 bridgehead atoms. The first-order valence-electron chi connectivity index (χ1n) is 8.06. The fourth-order valence-electron chi connectivity index (χ4n) is 2.53. The number of benzene rings is 2. The molecule has 0 aliphatic heterocycles. The number of aryl methyl sites for hydroxylation is 1. The molecule has 1 N–H and O–H groups in total. The Hall–Kier alpha value is -2.54. The standard InChI is InChI=1S/C19H23NO5S/c1-13-5-7-15(26(4,22)23)12-16(13)19(21)20-10-9-14-6-8-17(24-2)18(11-14)25-3/h5-8,11-12H,9-10H2,1-4H3,(H,20,21). The summed E-state index contributed by atoms with van der Waals surface area (Å²) in [5, 5.41) is 2.83. The highest BCUT2D eigenvalue weighted by molar-refractivity contribution is 7.90. The van der Waals surface area contributed by atoms with E-state index in [2.05, 4.69) is 5.32 Å². The Kier molecular flexibility index (Phi) is 6.26. The molecule has 0 fully saturated rings. The molecular formula is C19H23NO5S. The predicted octanol–water partition coefficient (Wildman–Crippen LogP) is 2.39. The molecule has 0 aliphatic rings. The monoisotopic (exact) mass is 377 g/mol. The molecule has 0 saturated heterocycles. The van der Waals surface area contributed by atoms with Crippen LogP contribution in [0, 0.1) is 6.92 Å². The minimum Gasteiger partial charge on any atom is -0.493 e. The maximum Gasteiger partial charge on any atom is 0.251 e. The zero-order chi connectivity index (χ0) is 19.3. The summed E-state index contributed by atoms with van der Waals surface area (Å²) in [4.78, 5) is 12.5. The maximum atomic E-state index is 12.4. The van der Waals surface area contributed by atoms with E-state index in [4.69, 9.17) is 9.47 Å². The lowest BCUT2D eigenvalue weighted by atomic mass is 10.1. The van der Waals surface area contributed by atoms with E-state index in [0.29, 0.717) is 30.0 Å². The number of carbonyl (C=O) groups is 1. The molecule has 2 rings (SSSR count). The van der Waals surface area contributed by atoms with Gasteiger partial charge in [0, 0.05) is 18.4 Å². The van der Waals surface area contributed by atoms with Gasteiger partial charge in [-0.3, -0.25) is 4.79 Å². The van der Waals surface area contributed by atoms with Gasteiger partial charge in [0.15, 0.2) is 21.3 Å². The zero-order valence-electron chi connectivity index (χ0n) is 15.3. The predicted molar refractivity (Wildman–Crippen MR) is 99.9 cm³/mol. The van der Waals surface area contributed by atoms with Crippen molar-refractivity contribution in [2.75, 3.05) is 27.0 Å². The quantitative estimate of drug-likeness (QED) is 0.801. The van der Waals surface area contributed by atoms with Crippen LogP contribution in [0.15, 0.2) is 41.3 Å². The molecule has 0 heterocycles. The second kappa shape index (κ2) is 8.23. The van der Waals surface area contributed by atoms with Crippen LogP contribution in [0.1, 0.15) is 21.5 Å². The highest BCUT2D eigenvalue weighted by Gasteiger charge is 2.14. The van der Waals surface area contributed by atoms with Crippen molar-refractivity contribution in [1.82, 2.24) is 5.32 Å². The summed E-state index contributed by atoms with van der Waals surface area (Å²) in [7, 11) is -0.215. The van der Waals surface area contributed by atoms with Crippen LogP contribution in [0.3, 0.4) is 0 Å². The third-order valence-corrected chi connectivity index (χ3v) is 5.14. The van der Waals surface area contributed by atoms with Gasteiger partial charge in [0.2, 0.25) is 0 Å². The summed E-state index contributed by atoms with van der Waals surface area (Å²) < 4.78 is 33.8. The first-order valence-corrected chi connectivity index (χ1v) is 9.95. The lowest BCUT2D eigenvalue weighted by Crippen LogP contribution is -2.26. The molecule has 1 amide bonds. The number of nitrogens with one attached hydrogen (secondary N) is 1. The lowest BCUT2D eigenvalue weighted by Gasteiger charge is -2.11. The van der Waals surface area contributed by atoms with E-state index in [9.17, 15) is 13.2 Å². The van der Waals surface area contributed by atoms with Crippen LogP contribution in [0.5, 0.6) is 11.5 Å². The molecule has 140 valence electrons. The van der Waals surface area contributed by atoms with Crippen LogP contribution >= 0.6 is 0 Å². The van der Waals surface area contributed by atoms with Crippen molar-refractivity contribution >= 4 is 15.7 Å². The van der Waals surface area contributed by atoms with Crippen molar-refractivity contribution in [2.24, 2.45) is 0 Å². The van der Waals surface area contributed by atoms with E-state index < -0.39 is 9.84 Å². The van der Waals surface area contributed by atoms with Crippen molar-refractivity contribution in [3.05, 3.63) is 53.1 Å². The van der Waals surface area contributed by atoms with E-state index >= 15 is 0 Å². The highest BCUT2D eigenvalue weighted by atomic mass is 32.2. The van der Waals surface area contributed by atoms with Crippen LogP contribution < -0.4 is 14.8 Å². The molecule has 0 radical (unpaired) electrons. The first kappa shape index (κ1) is 19.8. The average Bonchev–Trinajstić information content (AvgIpc) is 2.60. The van der Waals surface area contributed by atoms with E-state index in [0.717, 1.165) is 17.4 Å². The lowest BCUT2D eigenvalue weighted by molar-refractivity contribution is 0.0953. The Bertz CT molecular complexity index is 906. The van der Waals surface area contributed by atoms with Gasteiger partial charge in [0.05, 0.1) is 19.1 Å². The Morgan fingerprint density at radius 2 is 1.73 bits per heavy atom. The SMILES string of the molecule is COc1ccc(CCNC(=O)c2cc(S(C)(=O)=O)ccc2C)cc1OC. The summed E-state index contributed by atoms with van der Waals surface area (Å²) in [5.74, 6) is 0.981. The van der Waals surface area contributed by atoms with Crippen LogP contribution in [0.2, 0.25) is 0 Å². The summed E-state index contributed by atoms with van der Waals surface area (Å²) in [6.45, 7) is 2.19. The third-order valence-electron chi connectivity index (χ3n) is 4.03. The number of carbonyl (C=O) groups excluding carboxylic acids is 1. The number of sulfone groups is 1. The van der Waals surface area contributed by atoms with E-state index in [-0.39, 0.29) is 10.8 Å². The van der Waals surface area contributed by atoms with Gasteiger partial charge in [-0.15, -0.1) is 0 Å². The Balaban J connectivity index is 2.06.